The predicted molar refractivity (Wildman–Crippen MR) is 107 cm³/mol. The summed E-state index contributed by atoms with van der Waals surface area (Å²) >= 11 is 0. The van der Waals surface area contributed by atoms with Crippen LogP contribution >= 0.6 is 0 Å². The maximum atomic E-state index is 12.9. The summed E-state index contributed by atoms with van der Waals surface area (Å²) in [6.07, 6.45) is 1.12. The molecule has 0 saturated carbocycles. The Morgan fingerprint density at radius 3 is 2.43 bits per heavy atom. The molecule has 1 aliphatic rings. The van der Waals surface area contributed by atoms with Gasteiger partial charge >= 0.3 is 5.97 Å². The lowest BCUT2D eigenvalue weighted by molar-refractivity contribution is -0.149. The fourth-order valence-electron chi connectivity index (χ4n) is 3.67. The second-order valence-corrected chi connectivity index (χ2v) is 7.70. The zero-order valence-electron chi connectivity index (χ0n) is 16.4. The highest BCUT2D eigenvalue weighted by atomic mass is 16.5. The first-order valence-corrected chi connectivity index (χ1v) is 9.75. The van der Waals surface area contributed by atoms with Crippen molar-refractivity contribution in [1.82, 2.24) is 4.90 Å². The van der Waals surface area contributed by atoms with Gasteiger partial charge in [-0.1, -0.05) is 56.3 Å². The Hall–Kier alpha value is -2.82. The number of benzene rings is 2. The van der Waals surface area contributed by atoms with Crippen molar-refractivity contribution in [2.45, 2.75) is 45.3 Å². The maximum Gasteiger partial charge on any atom is 0.326 e. The van der Waals surface area contributed by atoms with Gasteiger partial charge in [-0.2, -0.15) is 0 Å². The third-order valence-electron chi connectivity index (χ3n) is 5.13. The smallest absolute Gasteiger partial charge is 0.326 e. The molecule has 2 atom stereocenters. The average Bonchev–Trinajstić information content (AvgIpc) is 3.06. The van der Waals surface area contributed by atoms with Crippen LogP contribution in [-0.2, 0) is 16.2 Å². The third-order valence-corrected chi connectivity index (χ3v) is 5.13. The van der Waals surface area contributed by atoms with Crippen LogP contribution in [0.1, 0.15) is 43.7 Å². The first kappa shape index (κ1) is 19.9. The number of hydrogen-bond donors (Lipinski definition) is 1. The summed E-state index contributed by atoms with van der Waals surface area (Å²) in [5.74, 6) is -0.331. The largest absolute Gasteiger partial charge is 0.489 e. The molecule has 0 radical (unpaired) electrons. The van der Waals surface area contributed by atoms with E-state index in [1.807, 2.05) is 68.4 Å². The maximum absolute atomic E-state index is 12.9. The number of carbonyl (C=O) groups excluding carboxylic acids is 1. The fraction of sp³-hybridized carbons (Fsp3) is 0.391. The Balaban J connectivity index is 1.64. The van der Waals surface area contributed by atoms with E-state index in [1.54, 1.807) is 0 Å². The van der Waals surface area contributed by atoms with Gasteiger partial charge in [-0.15, -0.1) is 0 Å². The summed E-state index contributed by atoms with van der Waals surface area (Å²) in [4.78, 5) is 26.0. The molecule has 1 aliphatic heterocycles. The normalized spacial score (nSPS) is 17.8. The van der Waals surface area contributed by atoms with Crippen molar-refractivity contribution in [2.24, 2.45) is 5.92 Å². The summed E-state index contributed by atoms with van der Waals surface area (Å²) in [7, 11) is 0. The number of ether oxygens (including phenoxy) is 1. The van der Waals surface area contributed by atoms with Gasteiger partial charge in [0.2, 0.25) is 5.91 Å². The number of carbonyl (C=O) groups is 2. The lowest BCUT2D eigenvalue weighted by atomic mass is 9.97. The first-order valence-electron chi connectivity index (χ1n) is 9.75. The molecule has 0 aliphatic carbocycles. The molecule has 5 heteroatoms. The molecule has 5 nitrogen and oxygen atoms in total. The number of hydrogen-bond acceptors (Lipinski definition) is 3. The van der Waals surface area contributed by atoms with Crippen LogP contribution in [0.25, 0.3) is 0 Å². The molecule has 28 heavy (non-hydrogen) atoms. The minimum atomic E-state index is -0.924. The molecular formula is C23H27NO4. The van der Waals surface area contributed by atoms with E-state index in [0.717, 1.165) is 16.9 Å². The number of carboxylic acids is 1. The number of likely N-dealkylation sites (tertiary alicyclic amines) is 1. The molecule has 0 aromatic heterocycles. The van der Waals surface area contributed by atoms with E-state index in [9.17, 15) is 14.7 Å². The molecule has 0 spiro atoms. The molecule has 2 unspecified atom stereocenters. The molecule has 1 amide bonds. The Morgan fingerprint density at radius 1 is 1.14 bits per heavy atom. The number of aliphatic carboxylic acids is 1. The standard InChI is InChI=1S/C23H27NO4/c1-16(2)14-21(23(26)27)24-13-12-20(22(24)25)18-8-10-19(11-9-18)28-15-17-6-4-3-5-7-17/h3-11,16,20-21H,12-15H2,1-2H3,(H,26,27). The molecule has 2 aromatic carbocycles. The van der Waals surface area contributed by atoms with Crippen molar-refractivity contribution in [2.75, 3.05) is 6.54 Å². The highest BCUT2D eigenvalue weighted by molar-refractivity contribution is 5.90. The van der Waals surface area contributed by atoms with E-state index in [4.69, 9.17) is 4.74 Å². The van der Waals surface area contributed by atoms with Crippen LogP contribution in [0.2, 0.25) is 0 Å². The molecule has 0 bridgehead atoms. The summed E-state index contributed by atoms with van der Waals surface area (Å²) in [6.45, 7) is 4.93. The van der Waals surface area contributed by atoms with Crippen LogP contribution in [0, 0.1) is 5.92 Å². The van der Waals surface area contributed by atoms with Crippen molar-refractivity contribution in [3.05, 3.63) is 65.7 Å². The van der Waals surface area contributed by atoms with Gasteiger partial charge in [0.25, 0.3) is 0 Å². The topological polar surface area (TPSA) is 66.8 Å². The highest BCUT2D eigenvalue weighted by Gasteiger charge is 2.39. The molecule has 3 rings (SSSR count). The summed E-state index contributed by atoms with van der Waals surface area (Å²) < 4.78 is 5.80. The van der Waals surface area contributed by atoms with Crippen LogP contribution < -0.4 is 4.74 Å². The summed E-state index contributed by atoms with van der Waals surface area (Å²) in [5, 5.41) is 9.54. The molecule has 1 heterocycles. The first-order chi connectivity index (χ1) is 13.5. The van der Waals surface area contributed by atoms with Gasteiger partial charge in [0.15, 0.2) is 0 Å². The van der Waals surface area contributed by atoms with Crippen LogP contribution in [0.15, 0.2) is 54.6 Å². The number of carboxylic acid groups (broad SMARTS) is 1. The van der Waals surface area contributed by atoms with Crippen molar-refractivity contribution in [3.63, 3.8) is 0 Å². The fourth-order valence-corrected chi connectivity index (χ4v) is 3.67. The number of nitrogens with zero attached hydrogens (tertiary/aromatic N) is 1. The minimum absolute atomic E-state index is 0.0917. The summed E-state index contributed by atoms with van der Waals surface area (Å²) in [6, 6.07) is 16.8. The van der Waals surface area contributed by atoms with Crippen LogP contribution in [0.3, 0.4) is 0 Å². The minimum Gasteiger partial charge on any atom is -0.489 e. The van der Waals surface area contributed by atoms with E-state index in [-0.39, 0.29) is 17.7 Å². The van der Waals surface area contributed by atoms with Crippen LogP contribution in [-0.4, -0.2) is 34.5 Å². The van der Waals surface area contributed by atoms with Crippen molar-refractivity contribution < 1.29 is 19.4 Å². The Kier molecular flexibility index (Phi) is 6.34. The SMILES string of the molecule is CC(C)CC(C(=O)O)N1CCC(c2ccc(OCc3ccccc3)cc2)C1=O. The van der Waals surface area contributed by atoms with Crippen molar-refractivity contribution >= 4 is 11.9 Å². The number of rotatable bonds is 8. The second-order valence-electron chi connectivity index (χ2n) is 7.70. The van der Waals surface area contributed by atoms with Gasteiger partial charge in [-0.3, -0.25) is 4.79 Å². The molecule has 1 saturated heterocycles. The lowest BCUT2D eigenvalue weighted by Gasteiger charge is -2.26. The van der Waals surface area contributed by atoms with Gasteiger partial charge in [0, 0.05) is 6.54 Å². The van der Waals surface area contributed by atoms with E-state index in [2.05, 4.69) is 0 Å². The van der Waals surface area contributed by atoms with E-state index in [1.165, 1.54) is 4.90 Å². The van der Waals surface area contributed by atoms with Gasteiger partial charge < -0.3 is 14.7 Å². The van der Waals surface area contributed by atoms with Crippen molar-refractivity contribution in [3.8, 4) is 5.75 Å². The zero-order valence-corrected chi connectivity index (χ0v) is 16.4. The monoisotopic (exact) mass is 381 g/mol. The second kappa shape index (κ2) is 8.91. The zero-order chi connectivity index (χ0) is 20.1. The Bertz CT molecular complexity index is 801. The van der Waals surface area contributed by atoms with Gasteiger partial charge in [-0.25, -0.2) is 4.79 Å². The molecule has 2 aromatic rings. The predicted octanol–water partition coefficient (Wildman–Crippen LogP) is 4.08. The summed E-state index contributed by atoms with van der Waals surface area (Å²) in [5.41, 5.74) is 2.01. The van der Waals surface area contributed by atoms with Crippen LogP contribution in [0.4, 0.5) is 0 Å². The third kappa shape index (κ3) is 4.71. The molecular weight excluding hydrogens is 354 g/mol. The van der Waals surface area contributed by atoms with E-state index in [0.29, 0.717) is 26.0 Å². The number of amides is 1. The Labute approximate surface area is 165 Å². The van der Waals surface area contributed by atoms with Gasteiger partial charge in [0.05, 0.1) is 5.92 Å². The molecule has 1 N–H and O–H groups in total. The highest BCUT2D eigenvalue weighted by Crippen LogP contribution is 2.32. The van der Waals surface area contributed by atoms with Gasteiger partial charge in [-0.05, 0) is 42.0 Å². The average molecular weight is 381 g/mol. The molecule has 1 fully saturated rings. The van der Waals surface area contributed by atoms with E-state index >= 15 is 0 Å². The molecule has 148 valence electrons. The quantitative estimate of drug-likeness (QED) is 0.748. The van der Waals surface area contributed by atoms with Gasteiger partial charge in [0.1, 0.15) is 18.4 Å². The van der Waals surface area contributed by atoms with Crippen molar-refractivity contribution in [1.29, 1.82) is 0 Å². The van der Waals surface area contributed by atoms with E-state index < -0.39 is 12.0 Å². The Morgan fingerprint density at radius 2 is 1.82 bits per heavy atom. The lowest BCUT2D eigenvalue weighted by Crippen LogP contribution is -2.43. The van der Waals surface area contributed by atoms with Crippen LogP contribution in [0.5, 0.6) is 5.75 Å².